The molecule has 0 radical (unpaired) electrons. The van der Waals surface area contributed by atoms with Crippen molar-refractivity contribution in [2.45, 2.75) is 12.8 Å². The lowest BCUT2D eigenvalue weighted by Crippen LogP contribution is -2.16. The molecule has 0 aliphatic carbocycles. The maximum atomic E-state index is 10.7. The van der Waals surface area contributed by atoms with Crippen LogP contribution in [0.1, 0.15) is 12.8 Å². The third-order valence-corrected chi connectivity index (χ3v) is 3.53. The number of nitrogens with zero attached hydrogens (tertiary/aromatic N) is 1. The first-order valence-electron chi connectivity index (χ1n) is 6.03. The molecule has 6 heteroatoms. The Balaban J connectivity index is 1.85. The van der Waals surface area contributed by atoms with Gasteiger partial charge in [-0.25, -0.2) is 13.6 Å². The fourth-order valence-electron chi connectivity index (χ4n) is 1.73. The number of primary sulfonamides is 1. The van der Waals surface area contributed by atoms with Crippen molar-refractivity contribution in [3.63, 3.8) is 0 Å². The highest BCUT2D eigenvalue weighted by molar-refractivity contribution is 7.89. The smallest absolute Gasteiger partial charge is 0.209 e. The zero-order valence-corrected chi connectivity index (χ0v) is 11.3. The summed E-state index contributed by atoms with van der Waals surface area (Å²) < 4.78 is 27.0. The molecule has 0 aliphatic heterocycles. The predicted molar refractivity (Wildman–Crippen MR) is 74.4 cm³/mol. The van der Waals surface area contributed by atoms with Gasteiger partial charge < -0.3 is 4.74 Å². The molecule has 1 heterocycles. The van der Waals surface area contributed by atoms with E-state index in [1.54, 1.807) is 6.20 Å². The summed E-state index contributed by atoms with van der Waals surface area (Å²) in [6.45, 7) is 0.466. The van der Waals surface area contributed by atoms with Crippen LogP contribution >= 0.6 is 0 Å². The number of pyridine rings is 1. The second-order valence-electron chi connectivity index (χ2n) is 4.28. The first kappa shape index (κ1) is 13.8. The van der Waals surface area contributed by atoms with E-state index in [-0.39, 0.29) is 5.75 Å². The maximum Gasteiger partial charge on any atom is 0.209 e. The highest BCUT2D eigenvalue weighted by Gasteiger charge is 2.02. The Labute approximate surface area is 112 Å². The van der Waals surface area contributed by atoms with Crippen molar-refractivity contribution in [2.24, 2.45) is 5.14 Å². The number of benzene rings is 1. The summed E-state index contributed by atoms with van der Waals surface area (Å²) in [5, 5.41) is 5.97. The Morgan fingerprint density at radius 3 is 2.84 bits per heavy atom. The number of sulfonamides is 1. The molecule has 2 N–H and O–H groups in total. The van der Waals surface area contributed by atoms with Crippen LogP contribution in [0.15, 0.2) is 36.5 Å². The SMILES string of the molecule is NS(=O)(=O)CCCCOc1ccc2cccnc2c1. The molecule has 0 aliphatic rings. The summed E-state index contributed by atoms with van der Waals surface area (Å²) >= 11 is 0. The molecule has 0 saturated heterocycles. The van der Waals surface area contributed by atoms with E-state index in [0.29, 0.717) is 19.4 Å². The van der Waals surface area contributed by atoms with E-state index >= 15 is 0 Å². The predicted octanol–water partition coefficient (Wildman–Crippen LogP) is 1.68. The molecule has 19 heavy (non-hydrogen) atoms. The molecule has 1 aromatic carbocycles. The van der Waals surface area contributed by atoms with Crippen LogP contribution in [0, 0.1) is 0 Å². The first-order valence-corrected chi connectivity index (χ1v) is 7.74. The van der Waals surface area contributed by atoms with Gasteiger partial charge in [0.05, 0.1) is 17.9 Å². The number of aromatic nitrogens is 1. The van der Waals surface area contributed by atoms with E-state index in [9.17, 15) is 8.42 Å². The van der Waals surface area contributed by atoms with Crippen molar-refractivity contribution in [1.82, 2.24) is 4.98 Å². The highest BCUT2D eigenvalue weighted by Crippen LogP contribution is 2.18. The van der Waals surface area contributed by atoms with Crippen LogP contribution in [0.25, 0.3) is 10.9 Å². The molecule has 102 valence electrons. The quantitative estimate of drug-likeness (QED) is 0.816. The van der Waals surface area contributed by atoms with Gasteiger partial charge in [-0.3, -0.25) is 4.98 Å². The molecule has 0 spiro atoms. The molecular weight excluding hydrogens is 264 g/mol. The fraction of sp³-hybridized carbons (Fsp3) is 0.308. The van der Waals surface area contributed by atoms with Gasteiger partial charge >= 0.3 is 0 Å². The summed E-state index contributed by atoms with van der Waals surface area (Å²) in [5.74, 6) is 0.733. The number of unbranched alkanes of at least 4 members (excludes halogenated alkanes) is 1. The Morgan fingerprint density at radius 2 is 2.05 bits per heavy atom. The molecular formula is C13H16N2O3S. The second kappa shape index (κ2) is 5.99. The zero-order valence-electron chi connectivity index (χ0n) is 10.5. The summed E-state index contributed by atoms with van der Waals surface area (Å²) in [6.07, 6.45) is 2.89. The fourth-order valence-corrected chi connectivity index (χ4v) is 2.34. The lowest BCUT2D eigenvalue weighted by molar-refractivity contribution is 0.310. The molecule has 5 nitrogen and oxygen atoms in total. The van der Waals surface area contributed by atoms with Crippen molar-refractivity contribution < 1.29 is 13.2 Å². The van der Waals surface area contributed by atoms with Crippen LogP contribution in [0.2, 0.25) is 0 Å². The van der Waals surface area contributed by atoms with Gasteiger partial charge in [-0.1, -0.05) is 6.07 Å². The van der Waals surface area contributed by atoms with Crippen LogP contribution in [0.4, 0.5) is 0 Å². The largest absolute Gasteiger partial charge is 0.494 e. The Kier molecular flexibility index (Phi) is 4.34. The Hall–Kier alpha value is -1.66. The summed E-state index contributed by atoms with van der Waals surface area (Å²) in [6, 6.07) is 9.56. The van der Waals surface area contributed by atoms with Gasteiger partial charge in [-0.15, -0.1) is 0 Å². The van der Waals surface area contributed by atoms with E-state index < -0.39 is 10.0 Å². The van der Waals surface area contributed by atoms with Gasteiger partial charge in [-0.2, -0.15) is 0 Å². The van der Waals surface area contributed by atoms with Gasteiger partial charge in [0.2, 0.25) is 10.0 Å². The number of hydrogen-bond donors (Lipinski definition) is 1. The second-order valence-corrected chi connectivity index (χ2v) is 6.01. The lowest BCUT2D eigenvalue weighted by atomic mass is 10.2. The third kappa shape index (κ3) is 4.50. The van der Waals surface area contributed by atoms with Crippen molar-refractivity contribution in [2.75, 3.05) is 12.4 Å². The lowest BCUT2D eigenvalue weighted by Gasteiger charge is -2.06. The summed E-state index contributed by atoms with van der Waals surface area (Å²) in [4.78, 5) is 4.24. The maximum absolute atomic E-state index is 10.7. The van der Waals surface area contributed by atoms with Gasteiger partial charge in [0, 0.05) is 17.6 Å². The molecule has 0 bridgehead atoms. The zero-order chi connectivity index (χ0) is 13.7. The molecule has 1 aromatic heterocycles. The van der Waals surface area contributed by atoms with Crippen molar-refractivity contribution in [3.05, 3.63) is 36.5 Å². The van der Waals surface area contributed by atoms with Crippen LogP contribution in [0.3, 0.4) is 0 Å². The number of ether oxygens (including phenoxy) is 1. The summed E-state index contributed by atoms with van der Waals surface area (Å²) in [5.41, 5.74) is 0.879. The van der Waals surface area contributed by atoms with E-state index in [0.717, 1.165) is 16.7 Å². The molecule has 0 amide bonds. The van der Waals surface area contributed by atoms with Crippen LogP contribution < -0.4 is 9.88 Å². The highest BCUT2D eigenvalue weighted by atomic mass is 32.2. The minimum Gasteiger partial charge on any atom is -0.494 e. The number of nitrogens with two attached hydrogens (primary N) is 1. The van der Waals surface area contributed by atoms with Gasteiger partial charge in [0.25, 0.3) is 0 Å². The van der Waals surface area contributed by atoms with Gasteiger partial charge in [0.15, 0.2) is 0 Å². The van der Waals surface area contributed by atoms with Crippen molar-refractivity contribution in [3.8, 4) is 5.75 Å². The standard InChI is InChI=1S/C13H16N2O3S/c14-19(16,17)9-2-1-8-18-12-6-5-11-4-3-7-15-13(11)10-12/h3-7,10H,1-2,8-9H2,(H2,14,16,17). The number of hydrogen-bond acceptors (Lipinski definition) is 4. The van der Waals surface area contributed by atoms with E-state index in [1.807, 2.05) is 30.3 Å². The molecule has 0 fully saturated rings. The van der Waals surface area contributed by atoms with Gasteiger partial charge in [-0.05, 0) is 31.0 Å². The average Bonchev–Trinajstić information content (AvgIpc) is 2.37. The van der Waals surface area contributed by atoms with E-state index in [4.69, 9.17) is 9.88 Å². The van der Waals surface area contributed by atoms with Gasteiger partial charge in [0.1, 0.15) is 5.75 Å². The molecule has 0 saturated carbocycles. The average molecular weight is 280 g/mol. The molecule has 0 atom stereocenters. The van der Waals surface area contributed by atoms with Crippen LogP contribution in [-0.4, -0.2) is 25.8 Å². The normalized spacial score (nSPS) is 11.6. The van der Waals surface area contributed by atoms with Crippen molar-refractivity contribution >= 4 is 20.9 Å². The van der Waals surface area contributed by atoms with E-state index in [2.05, 4.69) is 4.98 Å². The number of rotatable bonds is 6. The monoisotopic (exact) mass is 280 g/mol. The molecule has 2 aromatic rings. The first-order chi connectivity index (χ1) is 9.04. The molecule has 0 unspecified atom stereocenters. The van der Waals surface area contributed by atoms with E-state index in [1.165, 1.54) is 0 Å². The molecule has 2 rings (SSSR count). The summed E-state index contributed by atoms with van der Waals surface area (Å²) in [7, 11) is -3.36. The van der Waals surface area contributed by atoms with Crippen molar-refractivity contribution in [1.29, 1.82) is 0 Å². The topological polar surface area (TPSA) is 82.3 Å². The van der Waals surface area contributed by atoms with Crippen LogP contribution in [0.5, 0.6) is 5.75 Å². The third-order valence-electron chi connectivity index (χ3n) is 2.67. The minimum absolute atomic E-state index is 0.00433. The van der Waals surface area contributed by atoms with Crippen LogP contribution in [-0.2, 0) is 10.0 Å². The minimum atomic E-state index is -3.36. The number of fused-ring (bicyclic) bond motifs is 1. The Bertz CT molecular complexity index is 656. The Morgan fingerprint density at radius 1 is 1.21 bits per heavy atom.